The van der Waals surface area contributed by atoms with E-state index in [-0.39, 0.29) is 5.91 Å². The van der Waals surface area contributed by atoms with Crippen molar-refractivity contribution in [2.45, 2.75) is 20.8 Å². The molecule has 10 nitrogen and oxygen atoms in total. The molecule has 0 fully saturated rings. The van der Waals surface area contributed by atoms with Crippen LogP contribution in [-0.4, -0.2) is 35.8 Å². The maximum atomic E-state index is 13.0. The summed E-state index contributed by atoms with van der Waals surface area (Å²) in [5.41, 5.74) is 4.11. The van der Waals surface area contributed by atoms with Crippen molar-refractivity contribution in [2.24, 2.45) is 0 Å². The molecule has 4 heterocycles. The zero-order chi connectivity index (χ0) is 21.5. The maximum Gasteiger partial charge on any atom is 0.259 e. The molecule has 0 unspecified atom stereocenters. The van der Waals surface area contributed by atoms with Gasteiger partial charge in [-0.2, -0.15) is 15.1 Å². The standard InChI is InChI=1S/C21H17N7O3/c1-11-4-5-14(19-24-13(3)30-27-19)8-17(11)25-20(29)16-9-22-28-10-15(6-7-18(16)28)21-23-12(2)26-31-21/h4-10H,1-3H3,(H,25,29). The summed E-state index contributed by atoms with van der Waals surface area (Å²) in [5, 5.41) is 15.0. The number of hydrogen-bond donors (Lipinski definition) is 1. The number of aryl methyl sites for hydroxylation is 3. The molecule has 5 aromatic rings. The van der Waals surface area contributed by atoms with Gasteiger partial charge in [-0.05, 0) is 37.6 Å². The van der Waals surface area contributed by atoms with E-state index in [1.807, 2.05) is 31.2 Å². The Balaban J connectivity index is 1.44. The normalized spacial score (nSPS) is 11.2. The van der Waals surface area contributed by atoms with Crippen LogP contribution in [0.4, 0.5) is 5.69 Å². The molecular weight excluding hydrogens is 398 g/mol. The van der Waals surface area contributed by atoms with Crippen LogP contribution in [-0.2, 0) is 0 Å². The molecule has 0 aliphatic rings. The number of pyridine rings is 1. The summed E-state index contributed by atoms with van der Waals surface area (Å²) in [7, 11) is 0. The Morgan fingerprint density at radius 3 is 2.58 bits per heavy atom. The summed E-state index contributed by atoms with van der Waals surface area (Å²) in [5.74, 6) is 1.60. The minimum atomic E-state index is -0.277. The van der Waals surface area contributed by atoms with Crippen LogP contribution in [0.1, 0.15) is 27.6 Å². The van der Waals surface area contributed by atoms with Gasteiger partial charge in [-0.15, -0.1) is 0 Å². The maximum absolute atomic E-state index is 13.0. The van der Waals surface area contributed by atoms with Gasteiger partial charge in [0.2, 0.25) is 11.7 Å². The van der Waals surface area contributed by atoms with E-state index in [0.717, 1.165) is 11.1 Å². The summed E-state index contributed by atoms with van der Waals surface area (Å²) in [6.07, 6.45) is 3.26. The monoisotopic (exact) mass is 415 g/mol. The van der Waals surface area contributed by atoms with Gasteiger partial charge in [0.25, 0.3) is 11.8 Å². The Morgan fingerprint density at radius 1 is 1.00 bits per heavy atom. The first-order valence-corrected chi connectivity index (χ1v) is 9.49. The summed E-state index contributed by atoms with van der Waals surface area (Å²) in [6.45, 7) is 5.39. The van der Waals surface area contributed by atoms with E-state index < -0.39 is 0 Å². The van der Waals surface area contributed by atoms with Crippen LogP contribution in [0, 0.1) is 20.8 Å². The van der Waals surface area contributed by atoms with Crippen LogP contribution in [0.15, 0.2) is 51.8 Å². The van der Waals surface area contributed by atoms with Crippen molar-refractivity contribution < 1.29 is 13.8 Å². The zero-order valence-corrected chi connectivity index (χ0v) is 16.9. The molecular formula is C21H17N7O3. The fourth-order valence-electron chi connectivity index (χ4n) is 3.20. The number of nitrogens with one attached hydrogen (secondary N) is 1. The molecule has 0 saturated carbocycles. The van der Waals surface area contributed by atoms with Gasteiger partial charge >= 0.3 is 0 Å². The third-order valence-corrected chi connectivity index (χ3v) is 4.81. The van der Waals surface area contributed by atoms with Gasteiger partial charge in [0.05, 0.1) is 22.8 Å². The van der Waals surface area contributed by atoms with Crippen molar-refractivity contribution in [1.29, 1.82) is 0 Å². The van der Waals surface area contributed by atoms with Crippen molar-refractivity contribution in [3.8, 4) is 22.8 Å². The fraction of sp³-hybridized carbons (Fsp3) is 0.143. The second kappa shape index (κ2) is 7.17. The Labute approximate surface area is 175 Å². The Bertz CT molecular complexity index is 1430. The van der Waals surface area contributed by atoms with Gasteiger partial charge in [0.15, 0.2) is 5.82 Å². The molecule has 0 aliphatic carbocycles. The molecule has 10 heteroatoms. The highest BCUT2D eigenvalue weighted by molar-refractivity contribution is 6.09. The number of anilines is 1. The number of amides is 1. The quantitative estimate of drug-likeness (QED) is 0.472. The molecule has 31 heavy (non-hydrogen) atoms. The van der Waals surface area contributed by atoms with E-state index >= 15 is 0 Å². The number of hydrogen-bond acceptors (Lipinski definition) is 8. The van der Waals surface area contributed by atoms with Crippen molar-refractivity contribution in [2.75, 3.05) is 5.32 Å². The highest BCUT2D eigenvalue weighted by Crippen LogP contribution is 2.25. The highest BCUT2D eigenvalue weighted by atomic mass is 16.5. The largest absolute Gasteiger partial charge is 0.339 e. The van der Waals surface area contributed by atoms with Crippen molar-refractivity contribution >= 4 is 17.1 Å². The van der Waals surface area contributed by atoms with Crippen LogP contribution in [0.5, 0.6) is 0 Å². The molecule has 0 saturated heterocycles. The first-order valence-electron chi connectivity index (χ1n) is 9.49. The van der Waals surface area contributed by atoms with E-state index in [9.17, 15) is 4.79 Å². The Hall–Kier alpha value is -4.34. The van der Waals surface area contributed by atoms with Gasteiger partial charge in [-0.25, -0.2) is 4.52 Å². The topological polar surface area (TPSA) is 124 Å². The van der Waals surface area contributed by atoms with E-state index in [4.69, 9.17) is 9.05 Å². The zero-order valence-electron chi connectivity index (χ0n) is 16.9. The van der Waals surface area contributed by atoms with Crippen LogP contribution >= 0.6 is 0 Å². The Morgan fingerprint density at radius 2 is 1.84 bits per heavy atom. The van der Waals surface area contributed by atoms with Crippen molar-refractivity contribution in [1.82, 2.24) is 29.9 Å². The summed E-state index contributed by atoms with van der Waals surface area (Å²) >= 11 is 0. The smallest absolute Gasteiger partial charge is 0.259 e. The van der Waals surface area contributed by atoms with E-state index in [0.29, 0.717) is 45.8 Å². The molecule has 154 valence electrons. The predicted octanol–water partition coefficient (Wildman–Crippen LogP) is 3.61. The number of carbonyl (C=O) groups excluding carboxylic acids is 1. The van der Waals surface area contributed by atoms with Gasteiger partial charge in [-0.1, -0.05) is 22.4 Å². The molecule has 0 spiro atoms. The lowest BCUT2D eigenvalue weighted by molar-refractivity contribution is 0.102. The molecule has 4 aromatic heterocycles. The lowest BCUT2D eigenvalue weighted by atomic mass is 10.1. The number of aromatic nitrogens is 6. The first kappa shape index (κ1) is 18.7. The molecule has 1 N–H and O–H groups in total. The lowest BCUT2D eigenvalue weighted by Crippen LogP contribution is -2.12. The molecule has 0 bridgehead atoms. The number of benzene rings is 1. The van der Waals surface area contributed by atoms with Gasteiger partial charge in [0, 0.05) is 24.4 Å². The van der Waals surface area contributed by atoms with E-state index in [1.54, 1.807) is 30.6 Å². The molecule has 1 aromatic carbocycles. The van der Waals surface area contributed by atoms with Gasteiger partial charge in [-0.3, -0.25) is 4.79 Å². The average Bonchev–Trinajstić information content (AvgIpc) is 3.48. The minimum Gasteiger partial charge on any atom is -0.339 e. The average molecular weight is 415 g/mol. The van der Waals surface area contributed by atoms with Crippen LogP contribution < -0.4 is 5.32 Å². The van der Waals surface area contributed by atoms with E-state index in [1.165, 1.54) is 6.20 Å². The fourth-order valence-corrected chi connectivity index (χ4v) is 3.20. The van der Waals surface area contributed by atoms with E-state index in [2.05, 4.69) is 30.7 Å². The number of nitrogens with zero attached hydrogens (tertiary/aromatic N) is 6. The summed E-state index contributed by atoms with van der Waals surface area (Å²) in [4.78, 5) is 21.4. The van der Waals surface area contributed by atoms with Crippen LogP contribution in [0.3, 0.4) is 0 Å². The third kappa shape index (κ3) is 3.44. The van der Waals surface area contributed by atoms with Crippen LogP contribution in [0.25, 0.3) is 28.4 Å². The summed E-state index contributed by atoms with van der Waals surface area (Å²) in [6, 6.07) is 9.20. The highest BCUT2D eigenvalue weighted by Gasteiger charge is 2.16. The molecule has 5 rings (SSSR count). The minimum absolute atomic E-state index is 0.277. The predicted molar refractivity (Wildman–Crippen MR) is 110 cm³/mol. The number of fused-ring (bicyclic) bond motifs is 1. The van der Waals surface area contributed by atoms with Crippen molar-refractivity contribution in [3.63, 3.8) is 0 Å². The third-order valence-electron chi connectivity index (χ3n) is 4.81. The first-order chi connectivity index (χ1) is 15.0. The summed E-state index contributed by atoms with van der Waals surface area (Å²) < 4.78 is 11.8. The Kier molecular flexibility index (Phi) is 4.32. The molecule has 0 atom stereocenters. The second-order valence-electron chi connectivity index (χ2n) is 7.07. The number of rotatable bonds is 4. The van der Waals surface area contributed by atoms with Gasteiger partial charge < -0.3 is 14.4 Å². The molecule has 0 aliphatic heterocycles. The van der Waals surface area contributed by atoms with Crippen molar-refractivity contribution in [3.05, 3.63) is 65.6 Å². The molecule has 1 amide bonds. The van der Waals surface area contributed by atoms with Gasteiger partial charge in [0.1, 0.15) is 0 Å². The molecule has 0 radical (unpaired) electrons. The van der Waals surface area contributed by atoms with Crippen LogP contribution in [0.2, 0.25) is 0 Å². The SMILES string of the molecule is Cc1noc(-c2ccc3c(C(=O)Nc4cc(-c5noc(C)n5)ccc4C)cnn3c2)n1. The number of carbonyl (C=O) groups is 1. The lowest BCUT2D eigenvalue weighted by Gasteiger charge is -2.09. The second-order valence-corrected chi connectivity index (χ2v) is 7.07.